The average molecular weight is 355 g/mol. The zero-order chi connectivity index (χ0) is 18.3. The lowest BCUT2D eigenvalue weighted by Crippen LogP contribution is -2.48. The molecule has 8 nitrogen and oxygen atoms in total. The van der Waals surface area contributed by atoms with Crippen LogP contribution in [0.3, 0.4) is 0 Å². The number of aryl methyl sites for hydroxylation is 1. The SMILES string of the molecule is CNC(=O)C1Cc2ccccc2N1C(=O)Cn1nc2n(c1=O)CCCC2. The number of anilines is 1. The number of hydrogen-bond acceptors (Lipinski definition) is 4. The molecular formula is C18H21N5O3. The summed E-state index contributed by atoms with van der Waals surface area (Å²) < 4.78 is 2.87. The first-order chi connectivity index (χ1) is 12.6. The highest BCUT2D eigenvalue weighted by atomic mass is 16.2. The first kappa shape index (κ1) is 16.6. The number of fused-ring (bicyclic) bond motifs is 2. The lowest BCUT2D eigenvalue weighted by atomic mass is 10.1. The Morgan fingerprint density at radius 2 is 2.08 bits per heavy atom. The van der Waals surface area contributed by atoms with E-state index in [1.807, 2.05) is 24.3 Å². The van der Waals surface area contributed by atoms with E-state index in [0.717, 1.165) is 36.3 Å². The number of amides is 2. The standard InChI is InChI=1S/C18H21N5O3/c1-19-17(25)14-10-12-6-2-3-7-13(12)23(14)16(24)11-22-18(26)21-9-5-4-8-15(21)20-22/h2-3,6-7,14H,4-5,8-11H2,1H3,(H,19,25). The molecule has 136 valence electrons. The van der Waals surface area contributed by atoms with Crippen molar-refractivity contribution < 1.29 is 9.59 Å². The quantitative estimate of drug-likeness (QED) is 0.845. The van der Waals surface area contributed by atoms with Gasteiger partial charge in [-0.15, -0.1) is 0 Å². The number of para-hydroxylation sites is 1. The van der Waals surface area contributed by atoms with E-state index in [9.17, 15) is 14.4 Å². The Hall–Kier alpha value is -2.90. The molecule has 8 heteroatoms. The molecule has 0 bridgehead atoms. The van der Waals surface area contributed by atoms with Crippen LogP contribution < -0.4 is 15.9 Å². The van der Waals surface area contributed by atoms with Crippen molar-refractivity contribution in [2.75, 3.05) is 11.9 Å². The second kappa shape index (κ2) is 6.44. The molecule has 0 radical (unpaired) electrons. The second-order valence-electron chi connectivity index (χ2n) is 6.69. The molecule has 1 aromatic carbocycles. The molecule has 1 N–H and O–H groups in total. The number of rotatable bonds is 3. The van der Waals surface area contributed by atoms with Gasteiger partial charge in [0.25, 0.3) is 0 Å². The molecular weight excluding hydrogens is 334 g/mol. The Bertz CT molecular complexity index is 929. The largest absolute Gasteiger partial charge is 0.357 e. The first-order valence-electron chi connectivity index (χ1n) is 8.88. The van der Waals surface area contributed by atoms with Gasteiger partial charge >= 0.3 is 5.69 Å². The van der Waals surface area contributed by atoms with Crippen molar-refractivity contribution in [1.29, 1.82) is 0 Å². The van der Waals surface area contributed by atoms with Crippen molar-refractivity contribution in [1.82, 2.24) is 19.7 Å². The molecule has 2 aliphatic heterocycles. The van der Waals surface area contributed by atoms with E-state index in [1.165, 1.54) is 9.58 Å². The molecule has 0 spiro atoms. The van der Waals surface area contributed by atoms with Crippen LogP contribution in [0.2, 0.25) is 0 Å². The summed E-state index contributed by atoms with van der Waals surface area (Å²) in [6.45, 7) is 0.483. The minimum atomic E-state index is -0.599. The fourth-order valence-corrected chi connectivity index (χ4v) is 3.83. The summed E-state index contributed by atoms with van der Waals surface area (Å²) in [7, 11) is 1.56. The number of likely N-dealkylation sites (N-methyl/N-ethyl adjacent to an activating group) is 1. The third kappa shape index (κ3) is 2.61. The van der Waals surface area contributed by atoms with Crippen molar-refractivity contribution in [2.45, 2.75) is 44.8 Å². The number of nitrogens with one attached hydrogen (secondary N) is 1. The third-order valence-corrected chi connectivity index (χ3v) is 5.11. The van der Waals surface area contributed by atoms with Crippen LogP contribution in [-0.4, -0.2) is 39.3 Å². The Labute approximate surface area is 150 Å². The summed E-state index contributed by atoms with van der Waals surface area (Å²) in [6.07, 6.45) is 3.17. The van der Waals surface area contributed by atoms with Gasteiger partial charge < -0.3 is 5.32 Å². The summed E-state index contributed by atoms with van der Waals surface area (Å²) in [6, 6.07) is 6.88. The number of nitrogens with zero attached hydrogens (tertiary/aromatic N) is 4. The van der Waals surface area contributed by atoms with E-state index >= 15 is 0 Å². The Balaban J connectivity index is 1.65. The van der Waals surface area contributed by atoms with Gasteiger partial charge in [0.1, 0.15) is 18.4 Å². The second-order valence-corrected chi connectivity index (χ2v) is 6.69. The molecule has 2 aromatic rings. The molecule has 0 saturated carbocycles. The molecule has 0 saturated heterocycles. The van der Waals surface area contributed by atoms with Gasteiger partial charge in [0.05, 0.1) is 0 Å². The van der Waals surface area contributed by atoms with E-state index in [0.29, 0.717) is 13.0 Å². The lowest BCUT2D eigenvalue weighted by molar-refractivity contribution is -0.126. The van der Waals surface area contributed by atoms with E-state index in [-0.39, 0.29) is 24.0 Å². The van der Waals surface area contributed by atoms with Crippen LogP contribution in [0.5, 0.6) is 0 Å². The molecule has 0 fully saturated rings. The van der Waals surface area contributed by atoms with Crippen LogP contribution in [0.4, 0.5) is 5.69 Å². The van der Waals surface area contributed by atoms with Crippen molar-refractivity contribution in [2.24, 2.45) is 0 Å². The molecule has 0 aliphatic carbocycles. The molecule has 26 heavy (non-hydrogen) atoms. The lowest BCUT2D eigenvalue weighted by Gasteiger charge is -2.24. The van der Waals surface area contributed by atoms with Crippen LogP contribution in [0.25, 0.3) is 0 Å². The summed E-state index contributed by atoms with van der Waals surface area (Å²) in [5.74, 6) is 0.214. The fourth-order valence-electron chi connectivity index (χ4n) is 3.83. The van der Waals surface area contributed by atoms with Gasteiger partial charge in [0, 0.05) is 32.1 Å². The predicted molar refractivity (Wildman–Crippen MR) is 94.9 cm³/mol. The third-order valence-electron chi connectivity index (χ3n) is 5.11. The Morgan fingerprint density at radius 3 is 2.85 bits per heavy atom. The van der Waals surface area contributed by atoms with E-state index in [2.05, 4.69) is 10.4 Å². The zero-order valence-corrected chi connectivity index (χ0v) is 14.6. The van der Waals surface area contributed by atoms with Gasteiger partial charge in [-0.2, -0.15) is 5.10 Å². The maximum atomic E-state index is 13.0. The van der Waals surface area contributed by atoms with Crippen LogP contribution in [0.1, 0.15) is 24.2 Å². The molecule has 2 aliphatic rings. The van der Waals surface area contributed by atoms with E-state index in [1.54, 1.807) is 11.6 Å². The minimum absolute atomic E-state index is 0.166. The summed E-state index contributed by atoms with van der Waals surface area (Å²) in [4.78, 5) is 39.3. The number of hydrogen-bond donors (Lipinski definition) is 1. The molecule has 4 rings (SSSR count). The zero-order valence-electron chi connectivity index (χ0n) is 14.6. The predicted octanol–water partition coefficient (Wildman–Crippen LogP) is 0.0850. The van der Waals surface area contributed by atoms with E-state index < -0.39 is 6.04 Å². The molecule has 3 heterocycles. The minimum Gasteiger partial charge on any atom is -0.357 e. The fraction of sp³-hybridized carbons (Fsp3) is 0.444. The molecule has 1 aromatic heterocycles. The maximum absolute atomic E-state index is 13.0. The highest BCUT2D eigenvalue weighted by Crippen LogP contribution is 2.32. The van der Waals surface area contributed by atoms with Crippen molar-refractivity contribution in [3.63, 3.8) is 0 Å². The van der Waals surface area contributed by atoms with Gasteiger partial charge in [-0.3, -0.25) is 19.1 Å². The van der Waals surface area contributed by atoms with Crippen LogP contribution >= 0.6 is 0 Å². The van der Waals surface area contributed by atoms with Gasteiger partial charge in [0.2, 0.25) is 11.8 Å². The van der Waals surface area contributed by atoms with Crippen molar-refractivity contribution in [3.8, 4) is 0 Å². The summed E-state index contributed by atoms with van der Waals surface area (Å²) in [5, 5.41) is 6.95. The van der Waals surface area contributed by atoms with E-state index in [4.69, 9.17) is 0 Å². The number of aromatic nitrogens is 3. The number of carbonyl (C=O) groups is 2. The average Bonchev–Trinajstić information content (AvgIpc) is 3.20. The van der Waals surface area contributed by atoms with Crippen molar-refractivity contribution in [3.05, 3.63) is 46.1 Å². The monoisotopic (exact) mass is 355 g/mol. The molecule has 1 unspecified atom stereocenters. The van der Waals surface area contributed by atoms with Crippen LogP contribution in [-0.2, 0) is 35.5 Å². The number of carbonyl (C=O) groups excluding carboxylic acids is 2. The van der Waals surface area contributed by atoms with Gasteiger partial charge in [-0.05, 0) is 24.5 Å². The molecule has 2 amide bonds. The molecule has 1 atom stereocenters. The first-order valence-corrected chi connectivity index (χ1v) is 8.88. The van der Waals surface area contributed by atoms with Crippen LogP contribution in [0, 0.1) is 0 Å². The van der Waals surface area contributed by atoms with Gasteiger partial charge in [-0.25, -0.2) is 9.48 Å². The highest BCUT2D eigenvalue weighted by Gasteiger charge is 2.38. The topological polar surface area (TPSA) is 89.2 Å². The van der Waals surface area contributed by atoms with Gasteiger partial charge in [-0.1, -0.05) is 18.2 Å². The maximum Gasteiger partial charge on any atom is 0.346 e. The normalized spacial score (nSPS) is 18.3. The summed E-state index contributed by atoms with van der Waals surface area (Å²) >= 11 is 0. The Morgan fingerprint density at radius 1 is 1.27 bits per heavy atom. The highest BCUT2D eigenvalue weighted by molar-refractivity contribution is 6.03. The van der Waals surface area contributed by atoms with Gasteiger partial charge in [0.15, 0.2) is 0 Å². The van der Waals surface area contributed by atoms with Crippen molar-refractivity contribution >= 4 is 17.5 Å². The Kier molecular flexibility index (Phi) is 4.10. The number of benzene rings is 1. The smallest absolute Gasteiger partial charge is 0.346 e. The summed E-state index contributed by atoms with van der Waals surface area (Å²) in [5.41, 5.74) is 1.42. The van der Waals surface area contributed by atoms with Crippen LogP contribution in [0.15, 0.2) is 29.1 Å².